The number of halogens is 2. The van der Waals surface area contributed by atoms with Gasteiger partial charge < -0.3 is 4.74 Å². The van der Waals surface area contributed by atoms with E-state index in [0.717, 1.165) is 0 Å². The Morgan fingerprint density at radius 2 is 2.21 bits per heavy atom. The molecule has 0 radical (unpaired) electrons. The topological polar surface area (TPSA) is 26.3 Å². The monoisotopic (exact) mass is 260 g/mol. The lowest BCUT2D eigenvalue weighted by molar-refractivity contribution is 0.101. The van der Waals surface area contributed by atoms with Crippen LogP contribution in [0.15, 0.2) is 16.6 Å². The van der Waals surface area contributed by atoms with Crippen LogP contribution in [-0.2, 0) is 0 Å². The summed E-state index contributed by atoms with van der Waals surface area (Å²) in [6, 6.07) is 3.10. The molecule has 0 amide bonds. The molecule has 0 aliphatic carbocycles. The van der Waals surface area contributed by atoms with E-state index in [4.69, 9.17) is 4.74 Å². The molecule has 14 heavy (non-hydrogen) atoms. The molecule has 0 saturated carbocycles. The Kier molecular flexibility index (Phi) is 3.63. The fourth-order valence-electron chi connectivity index (χ4n) is 1.12. The van der Waals surface area contributed by atoms with Crippen LogP contribution in [0.4, 0.5) is 4.39 Å². The molecule has 76 valence electrons. The van der Waals surface area contributed by atoms with Gasteiger partial charge in [-0.15, -0.1) is 0 Å². The largest absolute Gasteiger partial charge is 0.491 e. The van der Waals surface area contributed by atoms with Gasteiger partial charge in [-0.05, 0) is 41.9 Å². The van der Waals surface area contributed by atoms with E-state index in [1.54, 1.807) is 13.0 Å². The third kappa shape index (κ3) is 2.12. The number of carbonyl (C=O) groups excluding carboxylic acids is 1. The summed E-state index contributed by atoms with van der Waals surface area (Å²) in [4.78, 5) is 11.1. The highest BCUT2D eigenvalue weighted by Gasteiger charge is 2.16. The fourth-order valence-corrected chi connectivity index (χ4v) is 1.71. The second kappa shape index (κ2) is 4.55. The minimum Gasteiger partial charge on any atom is -0.491 e. The molecule has 0 aromatic heterocycles. The van der Waals surface area contributed by atoms with Crippen LogP contribution in [-0.4, -0.2) is 12.4 Å². The molecule has 0 N–H and O–H groups in total. The second-order valence-electron chi connectivity index (χ2n) is 2.72. The number of rotatable bonds is 3. The van der Waals surface area contributed by atoms with Crippen molar-refractivity contribution < 1.29 is 13.9 Å². The lowest BCUT2D eigenvalue weighted by atomic mass is 10.1. The predicted octanol–water partition coefficient (Wildman–Crippen LogP) is 3.19. The first-order valence-corrected chi connectivity index (χ1v) is 4.99. The molecule has 0 unspecified atom stereocenters. The minimum atomic E-state index is -0.603. The van der Waals surface area contributed by atoms with Crippen molar-refractivity contribution >= 4 is 21.7 Å². The second-order valence-corrected chi connectivity index (χ2v) is 3.58. The van der Waals surface area contributed by atoms with Crippen molar-refractivity contribution in [2.75, 3.05) is 6.61 Å². The molecular weight excluding hydrogens is 251 g/mol. The van der Waals surface area contributed by atoms with E-state index in [0.29, 0.717) is 11.1 Å². The van der Waals surface area contributed by atoms with Crippen LogP contribution >= 0.6 is 15.9 Å². The zero-order valence-corrected chi connectivity index (χ0v) is 9.52. The summed E-state index contributed by atoms with van der Waals surface area (Å²) in [5.41, 5.74) is 0.0379. The first-order valence-electron chi connectivity index (χ1n) is 4.19. The molecule has 0 bridgehead atoms. The van der Waals surface area contributed by atoms with Crippen molar-refractivity contribution in [3.05, 3.63) is 28.0 Å². The average Bonchev–Trinajstić information content (AvgIpc) is 2.10. The molecular formula is C10H10BrFO2. The summed E-state index contributed by atoms with van der Waals surface area (Å²) in [7, 11) is 0. The molecule has 0 aliphatic heterocycles. The van der Waals surface area contributed by atoms with Gasteiger partial charge >= 0.3 is 0 Å². The van der Waals surface area contributed by atoms with Gasteiger partial charge in [-0.3, -0.25) is 4.79 Å². The number of hydrogen-bond donors (Lipinski definition) is 0. The summed E-state index contributed by atoms with van der Waals surface area (Å²) < 4.78 is 19.1. The molecule has 0 atom stereocenters. The normalized spacial score (nSPS) is 10.0. The Morgan fingerprint density at radius 3 is 2.71 bits per heavy atom. The molecule has 1 aromatic carbocycles. The average molecular weight is 261 g/mol. The van der Waals surface area contributed by atoms with E-state index in [-0.39, 0.29) is 17.1 Å². The molecule has 1 rings (SSSR count). The number of ketones is 1. The molecule has 4 heteroatoms. The quantitative estimate of drug-likeness (QED) is 0.781. The van der Waals surface area contributed by atoms with E-state index in [9.17, 15) is 9.18 Å². The Bertz CT molecular complexity index is 363. The van der Waals surface area contributed by atoms with Crippen LogP contribution < -0.4 is 4.74 Å². The van der Waals surface area contributed by atoms with Crippen molar-refractivity contribution in [2.45, 2.75) is 13.8 Å². The van der Waals surface area contributed by atoms with Crippen LogP contribution in [0.1, 0.15) is 24.2 Å². The van der Waals surface area contributed by atoms with Crippen molar-refractivity contribution in [3.63, 3.8) is 0 Å². The summed E-state index contributed by atoms with van der Waals surface area (Å²) in [5.74, 6) is -0.814. The van der Waals surface area contributed by atoms with E-state index in [1.165, 1.54) is 13.0 Å². The lowest BCUT2D eigenvalue weighted by Gasteiger charge is -2.08. The molecule has 0 aliphatic rings. The number of hydrogen-bond acceptors (Lipinski definition) is 2. The molecule has 0 heterocycles. The van der Waals surface area contributed by atoms with Gasteiger partial charge in [0.1, 0.15) is 0 Å². The van der Waals surface area contributed by atoms with Gasteiger partial charge in [0, 0.05) is 4.47 Å². The number of benzene rings is 1. The van der Waals surface area contributed by atoms with E-state index >= 15 is 0 Å². The maximum atomic E-state index is 13.6. The van der Waals surface area contributed by atoms with Gasteiger partial charge in [0.2, 0.25) is 0 Å². The molecule has 2 nitrogen and oxygen atoms in total. The third-order valence-electron chi connectivity index (χ3n) is 1.71. The van der Waals surface area contributed by atoms with Crippen LogP contribution in [0.5, 0.6) is 5.75 Å². The Morgan fingerprint density at radius 1 is 1.57 bits per heavy atom. The number of carbonyl (C=O) groups is 1. The fraction of sp³-hybridized carbons (Fsp3) is 0.300. The van der Waals surface area contributed by atoms with Gasteiger partial charge in [0.25, 0.3) is 0 Å². The highest BCUT2D eigenvalue weighted by molar-refractivity contribution is 9.10. The zero-order chi connectivity index (χ0) is 10.7. The van der Waals surface area contributed by atoms with Gasteiger partial charge in [0.15, 0.2) is 17.3 Å². The highest BCUT2D eigenvalue weighted by atomic mass is 79.9. The van der Waals surface area contributed by atoms with E-state index < -0.39 is 5.82 Å². The molecule has 0 fully saturated rings. The first-order chi connectivity index (χ1) is 6.57. The molecule has 0 saturated heterocycles. The standard InChI is InChI=1S/C10H10BrFO2/c1-3-14-8-5-4-7(11)9(6(2)13)10(8)12/h4-5H,3H2,1-2H3. The van der Waals surface area contributed by atoms with Crippen molar-refractivity contribution in [1.29, 1.82) is 0 Å². The van der Waals surface area contributed by atoms with Crippen molar-refractivity contribution in [1.82, 2.24) is 0 Å². The van der Waals surface area contributed by atoms with Crippen LogP contribution in [0.3, 0.4) is 0 Å². The summed E-state index contributed by atoms with van der Waals surface area (Å²) in [6.45, 7) is 3.45. The van der Waals surface area contributed by atoms with Crippen LogP contribution in [0, 0.1) is 5.82 Å². The van der Waals surface area contributed by atoms with Gasteiger partial charge in [0.05, 0.1) is 12.2 Å². The Balaban J connectivity index is 3.26. The highest BCUT2D eigenvalue weighted by Crippen LogP contribution is 2.27. The van der Waals surface area contributed by atoms with E-state index in [1.807, 2.05) is 0 Å². The smallest absolute Gasteiger partial charge is 0.176 e. The molecule has 1 aromatic rings. The van der Waals surface area contributed by atoms with Gasteiger partial charge in [-0.25, -0.2) is 4.39 Å². The zero-order valence-electron chi connectivity index (χ0n) is 7.93. The minimum absolute atomic E-state index is 0.0379. The molecule has 0 spiro atoms. The lowest BCUT2D eigenvalue weighted by Crippen LogP contribution is -2.02. The maximum Gasteiger partial charge on any atom is 0.176 e. The number of Topliss-reactive ketones (excluding diaryl/α,β-unsaturated/α-hetero) is 1. The number of ether oxygens (including phenoxy) is 1. The van der Waals surface area contributed by atoms with Gasteiger partial charge in [-0.2, -0.15) is 0 Å². The van der Waals surface area contributed by atoms with Crippen LogP contribution in [0.25, 0.3) is 0 Å². The third-order valence-corrected chi connectivity index (χ3v) is 2.37. The summed E-state index contributed by atoms with van der Waals surface area (Å²) in [6.07, 6.45) is 0. The van der Waals surface area contributed by atoms with Crippen LogP contribution in [0.2, 0.25) is 0 Å². The predicted molar refractivity (Wildman–Crippen MR) is 55.3 cm³/mol. The Hall–Kier alpha value is -0.900. The summed E-state index contributed by atoms with van der Waals surface area (Å²) in [5, 5.41) is 0. The van der Waals surface area contributed by atoms with Gasteiger partial charge in [-0.1, -0.05) is 0 Å². The SMILES string of the molecule is CCOc1ccc(Br)c(C(C)=O)c1F. The Labute approximate surface area is 90.2 Å². The van der Waals surface area contributed by atoms with Crippen molar-refractivity contribution in [2.24, 2.45) is 0 Å². The maximum absolute atomic E-state index is 13.6. The van der Waals surface area contributed by atoms with E-state index in [2.05, 4.69) is 15.9 Å². The van der Waals surface area contributed by atoms with Crippen molar-refractivity contribution in [3.8, 4) is 5.75 Å². The summed E-state index contributed by atoms with van der Waals surface area (Å²) >= 11 is 3.12. The first kappa shape index (κ1) is 11.2.